The van der Waals surface area contributed by atoms with Gasteiger partial charge in [0.25, 0.3) is 0 Å². The van der Waals surface area contributed by atoms with Gasteiger partial charge >= 0.3 is 0 Å². The molecule has 0 N–H and O–H groups in total. The van der Waals surface area contributed by atoms with Crippen LogP contribution in [-0.2, 0) is 9.84 Å². The van der Waals surface area contributed by atoms with E-state index in [2.05, 4.69) is 6.58 Å². The molecular formula is C9H14O2S. The Bertz CT molecular complexity index is 294. The van der Waals surface area contributed by atoms with Crippen LogP contribution in [0.15, 0.2) is 36.5 Å². The molecule has 2 nitrogen and oxygen atoms in total. The maximum atomic E-state index is 10.7. The van der Waals surface area contributed by atoms with E-state index in [0.717, 1.165) is 5.57 Å². The lowest BCUT2D eigenvalue weighted by molar-refractivity contribution is 0.604. The molecule has 0 saturated heterocycles. The zero-order chi connectivity index (χ0) is 9.61. The average Bonchev–Trinajstić information content (AvgIpc) is 1.84. The smallest absolute Gasteiger partial charge is 0.151 e. The molecular weight excluding hydrogens is 172 g/mol. The van der Waals surface area contributed by atoms with Crippen molar-refractivity contribution >= 4 is 9.84 Å². The van der Waals surface area contributed by atoms with Crippen molar-refractivity contribution < 1.29 is 8.42 Å². The van der Waals surface area contributed by atoms with Crippen LogP contribution in [0, 0.1) is 0 Å². The molecule has 3 heteroatoms. The highest BCUT2D eigenvalue weighted by Crippen LogP contribution is 1.95. The van der Waals surface area contributed by atoms with E-state index in [1.54, 1.807) is 18.2 Å². The van der Waals surface area contributed by atoms with Crippen molar-refractivity contribution in [1.29, 1.82) is 0 Å². The van der Waals surface area contributed by atoms with Crippen LogP contribution in [0.2, 0.25) is 0 Å². The van der Waals surface area contributed by atoms with E-state index in [9.17, 15) is 8.42 Å². The Labute approximate surface area is 74.2 Å². The van der Waals surface area contributed by atoms with Crippen LogP contribution in [0.5, 0.6) is 0 Å². The zero-order valence-corrected chi connectivity index (χ0v) is 8.26. The van der Waals surface area contributed by atoms with E-state index in [1.807, 2.05) is 13.0 Å². The second-order valence-electron chi connectivity index (χ2n) is 2.64. The number of allylic oxidation sites excluding steroid dienone is 4. The molecule has 0 heterocycles. The zero-order valence-electron chi connectivity index (χ0n) is 7.45. The van der Waals surface area contributed by atoms with Gasteiger partial charge in [-0.2, -0.15) is 0 Å². The summed E-state index contributed by atoms with van der Waals surface area (Å²) in [6, 6.07) is 0. The minimum atomic E-state index is -2.87. The van der Waals surface area contributed by atoms with E-state index in [4.69, 9.17) is 0 Å². The summed E-state index contributed by atoms with van der Waals surface area (Å²) in [5, 5.41) is 0. The van der Waals surface area contributed by atoms with E-state index >= 15 is 0 Å². The third kappa shape index (κ3) is 7.28. The minimum absolute atomic E-state index is 0.0926. The lowest BCUT2D eigenvalue weighted by Crippen LogP contribution is -1.98. The predicted molar refractivity (Wildman–Crippen MR) is 52.8 cm³/mol. The molecule has 12 heavy (non-hydrogen) atoms. The Morgan fingerprint density at radius 1 is 1.50 bits per heavy atom. The molecule has 0 spiro atoms. The Balaban J connectivity index is 4.10. The van der Waals surface area contributed by atoms with Crippen molar-refractivity contribution in [3.05, 3.63) is 36.5 Å². The Hall–Kier alpha value is -0.830. The molecule has 0 aliphatic rings. The summed E-state index contributed by atoms with van der Waals surface area (Å²) in [5.74, 6) is 0.0926. The lowest BCUT2D eigenvalue weighted by atomic mass is 10.2. The molecule has 0 aromatic carbocycles. The van der Waals surface area contributed by atoms with Gasteiger partial charge in [-0.05, 0) is 6.92 Å². The Morgan fingerprint density at radius 2 is 2.08 bits per heavy atom. The van der Waals surface area contributed by atoms with Gasteiger partial charge in [-0.25, -0.2) is 8.42 Å². The van der Waals surface area contributed by atoms with Gasteiger partial charge in [0.1, 0.15) is 0 Å². The summed E-state index contributed by atoms with van der Waals surface area (Å²) in [5.41, 5.74) is 0.994. The molecule has 0 saturated carbocycles. The predicted octanol–water partition coefficient (Wildman–Crippen LogP) is 1.72. The fourth-order valence-electron chi connectivity index (χ4n) is 0.650. The molecule has 0 fully saturated rings. The first-order chi connectivity index (χ1) is 5.45. The van der Waals surface area contributed by atoms with Crippen LogP contribution in [0.25, 0.3) is 0 Å². The first-order valence-corrected chi connectivity index (χ1v) is 5.65. The summed E-state index contributed by atoms with van der Waals surface area (Å²) >= 11 is 0. The summed E-state index contributed by atoms with van der Waals surface area (Å²) in [7, 11) is -2.87. The number of hydrogen-bond donors (Lipinski definition) is 0. The topological polar surface area (TPSA) is 34.1 Å². The van der Waals surface area contributed by atoms with Gasteiger partial charge in [-0.15, -0.1) is 0 Å². The van der Waals surface area contributed by atoms with Crippen LogP contribution in [0.4, 0.5) is 0 Å². The summed E-state index contributed by atoms with van der Waals surface area (Å²) in [4.78, 5) is 0. The Morgan fingerprint density at radius 3 is 2.50 bits per heavy atom. The van der Waals surface area contributed by atoms with E-state index in [-0.39, 0.29) is 5.75 Å². The largest absolute Gasteiger partial charge is 0.229 e. The van der Waals surface area contributed by atoms with Crippen LogP contribution in [0.1, 0.15) is 6.92 Å². The van der Waals surface area contributed by atoms with Crippen molar-refractivity contribution in [3.63, 3.8) is 0 Å². The summed E-state index contributed by atoms with van der Waals surface area (Å²) < 4.78 is 21.4. The fraction of sp³-hybridized carbons (Fsp3) is 0.333. The van der Waals surface area contributed by atoms with Crippen LogP contribution < -0.4 is 0 Å². The molecule has 0 bridgehead atoms. The fourth-order valence-corrected chi connectivity index (χ4v) is 1.10. The number of hydrogen-bond acceptors (Lipinski definition) is 2. The van der Waals surface area contributed by atoms with Gasteiger partial charge in [0.2, 0.25) is 0 Å². The maximum absolute atomic E-state index is 10.7. The van der Waals surface area contributed by atoms with Crippen molar-refractivity contribution in [1.82, 2.24) is 0 Å². The van der Waals surface area contributed by atoms with Gasteiger partial charge in [0.15, 0.2) is 9.84 Å². The Kier molecular flexibility index (Phi) is 4.59. The quantitative estimate of drug-likeness (QED) is 0.626. The minimum Gasteiger partial charge on any atom is -0.229 e. The molecule has 0 aliphatic heterocycles. The highest BCUT2D eigenvalue weighted by Gasteiger charge is 1.95. The second kappa shape index (κ2) is 4.93. The third-order valence-corrected chi connectivity index (χ3v) is 1.96. The lowest BCUT2D eigenvalue weighted by Gasteiger charge is -1.90. The first-order valence-electron chi connectivity index (χ1n) is 3.59. The highest BCUT2D eigenvalue weighted by molar-refractivity contribution is 7.90. The van der Waals surface area contributed by atoms with Gasteiger partial charge in [0, 0.05) is 6.26 Å². The van der Waals surface area contributed by atoms with E-state index < -0.39 is 9.84 Å². The standard InChI is InChI=1S/C9H14O2S/c1-4-6-9(2)7-5-8-12(3,10)11/h4-7H,1,8H2,2-3H3/b7-5-,9-6-. The summed E-state index contributed by atoms with van der Waals surface area (Å²) in [6.07, 6.45) is 8.09. The van der Waals surface area contributed by atoms with Crippen LogP contribution >= 0.6 is 0 Å². The molecule has 0 aromatic heterocycles. The van der Waals surface area contributed by atoms with Crippen molar-refractivity contribution in [2.45, 2.75) is 6.92 Å². The molecule has 0 radical (unpaired) electrons. The second-order valence-corrected chi connectivity index (χ2v) is 4.83. The van der Waals surface area contributed by atoms with Gasteiger partial charge in [-0.3, -0.25) is 0 Å². The van der Waals surface area contributed by atoms with Gasteiger partial charge < -0.3 is 0 Å². The van der Waals surface area contributed by atoms with Gasteiger partial charge in [-0.1, -0.05) is 36.5 Å². The highest BCUT2D eigenvalue weighted by atomic mass is 32.2. The number of sulfone groups is 1. The van der Waals surface area contributed by atoms with E-state index in [1.165, 1.54) is 6.26 Å². The monoisotopic (exact) mass is 186 g/mol. The molecule has 0 rings (SSSR count). The van der Waals surface area contributed by atoms with Crippen molar-refractivity contribution in [3.8, 4) is 0 Å². The maximum Gasteiger partial charge on any atom is 0.151 e. The average molecular weight is 186 g/mol. The summed E-state index contributed by atoms with van der Waals surface area (Å²) in [6.45, 7) is 5.42. The molecule has 0 unspecified atom stereocenters. The van der Waals surface area contributed by atoms with Crippen molar-refractivity contribution in [2.24, 2.45) is 0 Å². The first kappa shape index (κ1) is 11.2. The molecule has 0 aliphatic carbocycles. The van der Waals surface area contributed by atoms with E-state index in [0.29, 0.717) is 0 Å². The normalized spacial score (nSPS) is 13.7. The SMILES string of the molecule is C=C/C=C(C)\C=C/CS(C)(=O)=O. The third-order valence-electron chi connectivity index (χ3n) is 1.16. The molecule has 0 amide bonds. The van der Waals surface area contributed by atoms with Crippen LogP contribution in [0.3, 0.4) is 0 Å². The molecule has 68 valence electrons. The van der Waals surface area contributed by atoms with Crippen LogP contribution in [-0.4, -0.2) is 20.4 Å². The van der Waals surface area contributed by atoms with Crippen molar-refractivity contribution in [2.75, 3.05) is 12.0 Å². The molecule has 0 atom stereocenters. The molecule has 0 aromatic rings. The van der Waals surface area contributed by atoms with Gasteiger partial charge in [0.05, 0.1) is 5.75 Å². The number of rotatable bonds is 4.